The molecule has 3 aromatic rings. The van der Waals surface area contributed by atoms with Crippen LogP contribution in [0.15, 0.2) is 77.8 Å². The molecule has 12 heteroatoms. The number of nitrogens with two attached hydrogens (primary N) is 2. The van der Waals surface area contributed by atoms with Gasteiger partial charge in [-0.1, -0.05) is 54.6 Å². The summed E-state index contributed by atoms with van der Waals surface area (Å²) in [6.07, 6.45) is 1.00. The molecule has 1 saturated carbocycles. The highest BCUT2D eigenvalue weighted by Gasteiger charge is 2.47. The summed E-state index contributed by atoms with van der Waals surface area (Å²) >= 11 is 0. The van der Waals surface area contributed by atoms with E-state index in [-0.39, 0.29) is 42.6 Å². The van der Waals surface area contributed by atoms with Crippen LogP contribution in [0.4, 0.5) is 4.39 Å². The number of halogens is 1. The van der Waals surface area contributed by atoms with Gasteiger partial charge < -0.3 is 20.9 Å². The van der Waals surface area contributed by atoms with Crippen LogP contribution in [0.5, 0.6) is 5.75 Å². The highest BCUT2D eigenvalue weighted by Crippen LogP contribution is 2.43. The Bertz CT molecular complexity index is 1550. The predicted molar refractivity (Wildman–Crippen MR) is 155 cm³/mol. The van der Waals surface area contributed by atoms with Gasteiger partial charge >= 0.3 is 11.9 Å². The van der Waals surface area contributed by atoms with Crippen molar-refractivity contribution in [1.82, 2.24) is 0 Å². The van der Waals surface area contributed by atoms with Crippen molar-refractivity contribution in [3.63, 3.8) is 0 Å². The molecule has 0 heterocycles. The number of carbonyl (C=O) groups excluding carboxylic acids is 2. The van der Waals surface area contributed by atoms with Crippen molar-refractivity contribution < 1.29 is 36.4 Å². The molecule has 0 saturated heterocycles. The first kappa shape index (κ1) is 30.7. The van der Waals surface area contributed by atoms with Gasteiger partial charge in [0.25, 0.3) is 10.1 Å². The van der Waals surface area contributed by atoms with Gasteiger partial charge in [-0.2, -0.15) is 8.42 Å². The van der Waals surface area contributed by atoms with Crippen LogP contribution in [-0.2, 0) is 26.3 Å². The molecule has 0 amide bonds. The van der Waals surface area contributed by atoms with Crippen LogP contribution in [0.1, 0.15) is 41.6 Å². The van der Waals surface area contributed by atoms with Gasteiger partial charge in [0.15, 0.2) is 11.7 Å². The van der Waals surface area contributed by atoms with Gasteiger partial charge in [-0.3, -0.25) is 14.3 Å². The van der Waals surface area contributed by atoms with E-state index in [4.69, 9.17) is 20.9 Å². The van der Waals surface area contributed by atoms with Gasteiger partial charge in [-0.05, 0) is 60.9 Å². The van der Waals surface area contributed by atoms with Gasteiger partial charge in [0, 0.05) is 12.1 Å². The number of guanidine groups is 1. The fraction of sp³-hybridized carbons (Fsp3) is 0.300. The highest BCUT2D eigenvalue weighted by atomic mass is 32.2. The molecule has 1 aliphatic rings. The standard InChI is InChI=1S/C30H32FN3O7S/c31-23-11-9-21(10-12-23)18-40-27(35)25-8-4-7-24(22-5-2-1-3-6-22)26(25)41-28(36)30(19-42(37,38)39)15-13-20(14-16-30)17-34-29(32)33/h1-12,20H,13-19H2,(H4,32,33,34)(H,37,38,39). The van der Waals surface area contributed by atoms with E-state index in [0.717, 1.165) is 0 Å². The lowest BCUT2D eigenvalue weighted by molar-refractivity contribution is -0.147. The van der Waals surface area contributed by atoms with Crippen molar-refractivity contribution in [3.05, 3.63) is 89.7 Å². The molecule has 4 rings (SSSR count). The third kappa shape index (κ3) is 7.92. The summed E-state index contributed by atoms with van der Waals surface area (Å²) in [6.45, 7) is 0.159. The zero-order valence-corrected chi connectivity index (χ0v) is 23.6. The number of ether oxygens (including phenoxy) is 2. The maximum absolute atomic E-state index is 13.9. The van der Waals surface area contributed by atoms with Crippen molar-refractivity contribution >= 4 is 28.0 Å². The zero-order chi connectivity index (χ0) is 30.3. The number of carbonyl (C=O) groups is 2. The topological polar surface area (TPSA) is 171 Å². The number of rotatable bonds is 10. The molecule has 42 heavy (non-hydrogen) atoms. The first-order chi connectivity index (χ1) is 20.0. The van der Waals surface area contributed by atoms with Crippen molar-refractivity contribution in [2.24, 2.45) is 27.8 Å². The second-order valence-electron chi connectivity index (χ2n) is 10.4. The second-order valence-corrected chi connectivity index (χ2v) is 11.8. The smallest absolute Gasteiger partial charge is 0.342 e. The number of hydrogen-bond donors (Lipinski definition) is 3. The van der Waals surface area contributed by atoms with Crippen LogP contribution in [-0.4, -0.2) is 43.2 Å². The number of esters is 2. The lowest BCUT2D eigenvalue weighted by atomic mass is 9.71. The summed E-state index contributed by atoms with van der Waals surface area (Å²) in [6, 6.07) is 19.0. The molecule has 0 aliphatic heterocycles. The largest absolute Gasteiger partial charge is 0.457 e. The van der Waals surface area contributed by atoms with Crippen molar-refractivity contribution in [2.75, 3.05) is 12.3 Å². The van der Waals surface area contributed by atoms with Crippen molar-refractivity contribution in [1.29, 1.82) is 0 Å². The molecular formula is C30H32FN3O7S. The first-order valence-corrected chi connectivity index (χ1v) is 14.9. The maximum Gasteiger partial charge on any atom is 0.342 e. The van der Waals surface area contributed by atoms with Crippen molar-refractivity contribution in [3.8, 4) is 16.9 Å². The Morgan fingerprint density at radius 2 is 1.64 bits per heavy atom. The summed E-state index contributed by atoms with van der Waals surface area (Å²) < 4.78 is 58.5. The van der Waals surface area contributed by atoms with Crippen molar-refractivity contribution in [2.45, 2.75) is 32.3 Å². The lowest BCUT2D eigenvalue weighted by Gasteiger charge is -2.37. The molecule has 10 nitrogen and oxygen atoms in total. The predicted octanol–water partition coefficient (Wildman–Crippen LogP) is 4.09. The zero-order valence-electron chi connectivity index (χ0n) is 22.7. The Morgan fingerprint density at radius 3 is 2.26 bits per heavy atom. The van der Waals surface area contributed by atoms with Gasteiger partial charge in [0.1, 0.15) is 18.0 Å². The van der Waals surface area contributed by atoms with Crippen LogP contribution < -0.4 is 16.2 Å². The molecular weight excluding hydrogens is 565 g/mol. The van der Waals surface area contributed by atoms with Gasteiger partial charge in [-0.15, -0.1) is 0 Å². The van der Waals surface area contributed by atoms with Gasteiger partial charge in [0.2, 0.25) is 0 Å². The van der Waals surface area contributed by atoms with Crippen LogP contribution in [0.3, 0.4) is 0 Å². The quantitative estimate of drug-likeness (QED) is 0.102. The van der Waals surface area contributed by atoms with Gasteiger partial charge in [-0.25, -0.2) is 9.18 Å². The Labute approximate surface area is 243 Å². The van der Waals surface area contributed by atoms with Crippen LogP contribution in [0, 0.1) is 17.2 Å². The SMILES string of the molecule is NC(N)=NCC1CCC(CS(=O)(=O)O)(C(=O)Oc2c(C(=O)OCc3ccc(F)cc3)cccc2-c2ccccc2)CC1. The summed E-state index contributed by atoms with van der Waals surface area (Å²) in [4.78, 5) is 31.1. The van der Waals surface area contributed by atoms with Crippen LogP contribution in [0.25, 0.3) is 11.1 Å². The van der Waals surface area contributed by atoms with E-state index in [1.807, 2.05) is 0 Å². The van der Waals surface area contributed by atoms with E-state index in [9.17, 15) is 27.0 Å². The number of nitrogens with zero attached hydrogens (tertiary/aromatic N) is 1. The molecule has 0 atom stereocenters. The lowest BCUT2D eigenvalue weighted by Crippen LogP contribution is -2.44. The minimum Gasteiger partial charge on any atom is -0.457 e. The number of aliphatic imine (C=N–C) groups is 1. The fourth-order valence-electron chi connectivity index (χ4n) is 5.06. The van der Waals surface area contributed by atoms with E-state index in [0.29, 0.717) is 36.1 Å². The Balaban J connectivity index is 1.66. The minimum atomic E-state index is -4.58. The summed E-state index contributed by atoms with van der Waals surface area (Å²) in [7, 11) is -4.58. The Hall–Kier alpha value is -4.29. The number of benzene rings is 3. The fourth-order valence-corrected chi connectivity index (χ4v) is 6.17. The summed E-state index contributed by atoms with van der Waals surface area (Å²) in [5.41, 5.74) is 10.8. The van der Waals surface area contributed by atoms with Crippen LogP contribution in [0.2, 0.25) is 0 Å². The summed E-state index contributed by atoms with van der Waals surface area (Å²) in [5.74, 6) is -3.13. The molecule has 222 valence electrons. The minimum absolute atomic E-state index is 0.00280. The number of hydrogen-bond acceptors (Lipinski definition) is 7. The molecule has 0 unspecified atom stereocenters. The van der Waals surface area contributed by atoms with Gasteiger partial charge in [0.05, 0.1) is 11.2 Å². The van der Waals surface area contributed by atoms with E-state index < -0.39 is 39.0 Å². The average Bonchev–Trinajstić information content (AvgIpc) is 2.96. The molecule has 0 radical (unpaired) electrons. The van der Waals surface area contributed by atoms with E-state index >= 15 is 0 Å². The van der Waals surface area contributed by atoms with Crippen LogP contribution >= 0.6 is 0 Å². The Kier molecular flexibility index (Phi) is 9.59. The molecule has 1 fully saturated rings. The molecule has 3 aromatic carbocycles. The molecule has 0 spiro atoms. The molecule has 0 bridgehead atoms. The van der Waals surface area contributed by atoms with E-state index in [1.54, 1.807) is 42.5 Å². The number of para-hydroxylation sites is 1. The molecule has 0 aromatic heterocycles. The summed E-state index contributed by atoms with van der Waals surface area (Å²) in [5, 5.41) is 0. The maximum atomic E-state index is 13.9. The second kappa shape index (κ2) is 13.1. The molecule has 5 N–H and O–H groups in total. The first-order valence-electron chi connectivity index (χ1n) is 13.3. The molecule has 1 aliphatic carbocycles. The average molecular weight is 598 g/mol. The van der Waals surface area contributed by atoms with E-state index in [1.165, 1.54) is 30.3 Å². The Morgan fingerprint density at radius 1 is 0.976 bits per heavy atom. The monoisotopic (exact) mass is 597 g/mol. The van der Waals surface area contributed by atoms with E-state index in [2.05, 4.69) is 4.99 Å². The normalized spacial score (nSPS) is 18.6. The highest BCUT2D eigenvalue weighted by molar-refractivity contribution is 7.85. The third-order valence-corrected chi connectivity index (χ3v) is 8.20. The third-order valence-electron chi connectivity index (χ3n) is 7.28.